The minimum Gasteiger partial charge on any atom is -0.472 e. The average Bonchev–Trinajstić information content (AvgIpc) is 3.22. The van der Waals surface area contributed by atoms with E-state index in [2.05, 4.69) is 15.1 Å². The van der Waals surface area contributed by atoms with Crippen LogP contribution in [0.4, 0.5) is 0 Å². The minimum atomic E-state index is -0.0688. The molecule has 7 heteroatoms. The third kappa shape index (κ3) is 4.03. The first-order valence-corrected chi connectivity index (χ1v) is 9.47. The molecule has 0 bridgehead atoms. The number of benzene rings is 1. The number of hydrogen-bond donors (Lipinski definition) is 0. The van der Waals surface area contributed by atoms with E-state index in [1.807, 2.05) is 61.3 Å². The van der Waals surface area contributed by atoms with Crippen molar-refractivity contribution >= 4 is 5.91 Å². The lowest BCUT2D eigenvalue weighted by Crippen LogP contribution is -2.44. The fourth-order valence-corrected chi connectivity index (χ4v) is 3.52. The van der Waals surface area contributed by atoms with Crippen molar-refractivity contribution in [2.75, 3.05) is 13.1 Å². The van der Waals surface area contributed by atoms with Crippen molar-refractivity contribution in [1.29, 1.82) is 0 Å². The Morgan fingerprint density at radius 3 is 2.86 bits per heavy atom. The number of ether oxygens (including phenoxy) is 1. The molecule has 144 valence electrons. The minimum absolute atomic E-state index is 0.0114. The van der Waals surface area contributed by atoms with Crippen molar-refractivity contribution < 1.29 is 9.53 Å². The predicted octanol–water partition coefficient (Wildman–Crippen LogP) is 2.96. The van der Waals surface area contributed by atoms with Crippen molar-refractivity contribution in [2.24, 2.45) is 0 Å². The van der Waals surface area contributed by atoms with Crippen LogP contribution >= 0.6 is 0 Å². The fraction of sp³-hybridized carbons (Fsp3) is 0.333. The molecule has 7 nitrogen and oxygen atoms in total. The third-order valence-electron chi connectivity index (χ3n) is 4.76. The maximum absolute atomic E-state index is 13.0. The van der Waals surface area contributed by atoms with Gasteiger partial charge in [-0.3, -0.25) is 4.79 Å². The third-order valence-corrected chi connectivity index (χ3v) is 4.76. The van der Waals surface area contributed by atoms with E-state index < -0.39 is 0 Å². The van der Waals surface area contributed by atoms with Crippen LogP contribution in [0, 0.1) is 13.8 Å². The summed E-state index contributed by atoms with van der Waals surface area (Å²) in [5, 5.41) is 4.23. The molecule has 0 aliphatic carbocycles. The lowest BCUT2D eigenvalue weighted by molar-refractivity contribution is 0.0526. The van der Waals surface area contributed by atoms with Gasteiger partial charge in [0.15, 0.2) is 0 Å². The Morgan fingerprint density at radius 1 is 1.18 bits per heavy atom. The highest BCUT2D eigenvalue weighted by atomic mass is 16.5. The van der Waals surface area contributed by atoms with E-state index in [-0.39, 0.29) is 12.0 Å². The Balaban J connectivity index is 1.47. The van der Waals surface area contributed by atoms with Crippen LogP contribution in [0.25, 0.3) is 5.69 Å². The van der Waals surface area contributed by atoms with Gasteiger partial charge in [0, 0.05) is 36.3 Å². The van der Waals surface area contributed by atoms with Gasteiger partial charge in [0.25, 0.3) is 5.91 Å². The predicted molar refractivity (Wildman–Crippen MR) is 105 cm³/mol. The van der Waals surface area contributed by atoms with E-state index in [9.17, 15) is 4.79 Å². The summed E-state index contributed by atoms with van der Waals surface area (Å²) in [6.45, 7) is 5.05. The lowest BCUT2D eigenvalue weighted by Gasteiger charge is -2.32. The Labute approximate surface area is 164 Å². The van der Waals surface area contributed by atoms with E-state index in [0.717, 1.165) is 30.8 Å². The van der Waals surface area contributed by atoms with Crippen molar-refractivity contribution in [3.05, 3.63) is 65.9 Å². The van der Waals surface area contributed by atoms with Crippen molar-refractivity contribution in [3.63, 3.8) is 0 Å². The van der Waals surface area contributed by atoms with Crippen LogP contribution in [-0.4, -0.2) is 49.7 Å². The highest BCUT2D eigenvalue weighted by Crippen LogP contribution is 2.20. The molecule has 1 unspecified atom stereocenters. The number of likely N-dealkylation sites (tertiary alicyclic amines) is 1. The zero-order valence-corrected chi connectivity index (χ0v) is 16.1. The summed E-state index contributed by atoms with van der Waals surface area (Å²) in [5.41, 5.74) is 2.40. The van der Waals surface area contributed by atoms with E-state index in [4.69, 9.17) is 4.74 Å². The molecule has 0 saturated carbocycles. The second-order valence-corrected chi connectivity index (χ2v) is 7.03. The van der Waals surface area contributed by atoms with Crippen LogP contribution in [-0.2, 0) is 0 Å². The number of piperidine rings is 1. The van der Waals surface area contributed by atoms with Crippen molar-refractivity contribution in [1.82, 2.24) is 24.6 Å². The van der Waals surface area contributed by atoms with Gasteiger partial charge in [0.1, 0.15) is 11.9 Å². The van der Waals surface area contributed by atoms with Crippen LogP contribution in [0.1, 0.15) is 34.7 Å². The summed E-state index contributed by atoms with van der Waals surface area (Å²) in [4.78, 5) is 23.5. The van der Waals surface area contributed by atoms with Crippen LogP contribution in [0.5, 0.6) is 5.88 Å². The summed E-state index contributed by atoms with van der Waals surface area (Å²) in [6, 6.07) is 11.2. The van der Waals surface area contributed by atoms with Crippen LogP contribution in [0.3, 0.4) is 0 Å². The number of aryl methyl sites for hydroxylation is 2. The van der Waals surface area contributed by atoms with Gasteiger partial charge in [0.05, 0.1) is 12.2 Å². The molecule has 0 radical (unpaired) electrons. The highest BCUT2D eigenvalue weighted by Gasteiger charge is 2.26. The number of carbonyl (C=O) groups is 1. The summed E-state index contributed by atoms with van der Waals surface area (Å²) < 4.78 is 7.81. The standard InChI is InChI=1S/C21H23N5O2/c1-15-12-20(24-16(2)23-15)28-19-8-4-10-25(14-19)21(27)17-6-3-7-18(13-17)26-11-5-9-22-26/h3,5-7,9,11-13,19H,4,8,10,14H2,1-2H3. The fourth-order valence-electron chi connectivity index (χ4n) is 3.52. The highest BCUT2D eigenvalue weighted by molar-refractivity contribution is 5.94. The molecule has 1 aliphatic rings. The number of nitrogens with zero attached hydrogens (tertiary/aromatic N) is 5. The maximum Gasteiger partial charge on any atom is 0.254 e. The van der Waals surface area contributed by atoms with Gasteiger partial charge in [-0.15, -0.1) is 0 Å². The molecular formula is C21H23N5O2. The van der Waals surface area contributed by atoms with E-state index in [1.165, 1.54) is 0 Å². The Kier molecular flexibility index (Phi) is 5.06. The number of aromatic nitrogens is 4. The second kappa shape index (κ2) is 7.80. The van der Waals surface area contributed by atoms with Gasteiger partial charge in [-0.25, -0.2) is 9.67 Å². The molecule has 1 amide bonds. The second-order valence-electron chi connectivity index (χ2n) is 7.03. The molecule has 1 saturated heterocycles. The van der Waals surface area contributed by atoms with Crippen LogP contribution < -0.4 is 4.74 Å². The Morgan fingerprint density at radius 2 is 2.07 bits per heavy atom. The molecule has 0 N–H and O–H groups in total. The smallest absolute Gasteiger partial charge is 0.254 e. The number of carbonyl (C=O) groups excluding carboxylic acids is 1. The Bertz CT molecular complexity index is 950. The molecule has 28 heavy (non-hydrogen) atoms. The molecule has 4 rings (SSSR count). The zero-order chi connectivity index (χ0) is 19.5. The number of hydrogen-bond acceptors (Lipinski definition) is 5. The number of rotatable bonds is 4. The molecular weight excluding hydrogens is 354 g/mol. The summed E-state index contributed by atoms with van der Waals surface area (Å²) in [5.74, 6) is 1.27. The van der Waals surface area contributed by atoms with Gasteiger partial charge in [-0.05, 0) is 51.0 Å². The molecule has 1 atom stereocenters. The average molecular weight is 377 g/mol. The Hall–Kier alpha value is -3.22. The topological polar surface area (TPSA) is 73.1 Å². The van der Waals surface area contributed by atoms with Gasteiger partial charge >= 0.3 is 0 Å². The monoisotopic (exact) mass is 377 g/mol. The van der Waals surface area contributed by atoms with Gasteiger partial charge in [-0.2, -0.15) is 10.1 Å². The first-order chi connectivity index (χ1) is 13.6. The summed E-state index contributed by atoms with van der Waals surface area (Å²) in [7, 11) is 0. The van der Waals surface area contributed by atoms with E-state index in [1.54, 1.807) is 10.9 Å². The van der Waals surface area contributed by atoms with E-state index >= 15 is 0 Å². The van der Waals surface area contributed by atoms with Gasteiger partial charge < -0.3 is 9.64 Å². The van der Waals surface area contributed by atoms with Crippen molar-refractivity contribution in [3.8, 4) is 11.6 Å². The summed E-state index contributed by atoms with van der Waals surface area (Å²) in [6.07, 6.45) is 5.32. The SMILES string of the molecule is Cc1cc(OC2CCCN(C(=O)c3cccc(-n4cccn4)c3)C2)nc(C)n1. The van der Waals surface area contributed by atoms with Crippen LogP contribution in [0.15, 0.2) is 48.8 Å². The lowest BCUT2D eigenvalue weighted by atomic mass is 10.1. The quantitative estimate of drug-likeness (QED) is 0.699. The first kappa shape index (κ1) is 18.2. The molecule has 1 aliphatic heterocycles. The van der Waals surface area contributed by atoms with Gasteiger partial charge in [0.2, 0.25) is 5.88 Å². The molecule has 3 aromatic rings. The molecule has 1 fully saturated rings. The molecule has 1 aromatic carbocycles. The summed E-state index contributed by atoms with van der Waals surface area (Å²) >= 11 is 0. The molecule has 2 aromatic heterocycles. The largest absolute Gasteiger partial charge is 0.472 e. The number of amides is 1. The van der Waals surface area contributed by atoms with Crippen molar-refractivity contribution in [2.45, 2.75) is 32.8 Å². The zero-order valence-electron chi connectivity index (χ0n) is 16.1. The maximum atomic E-state index is 13.0. The van der Waals surface area contributed by atoms with Gasteiger partial charge in [-0.1, -0.05) is 6.07 Å². The first-order valence-electron chi connectivity index (χ1n) is 9.47. The van der Waals surface area contributed by atoms with E-state index in [0.29, 0.717) is 23.8 Å². The normalized spacial score (nSPS) is 16.8. The molecule has 0 spiro atoms. The van der Waals surface area contributed by atoms with Crippen LogP contribution in [0.2, 0.25) is 0 Å². The molecule has 3 heterocycles.